The van der Waals surface area contributed by atoms with Crippen molar-refractivity contribution in [3.63, 3.8) is 0 Å². The van der Waals surface area contributed by atoms with Crippen LogP contribution in [0.5, 0.6) is 0 Å². The van der Waals surface area contributed by atoms with E-state index in [-0.39, 0.29) is 0 Å². The molecule has 0 fully saturated rings. The van der Waals surface area contributed by atoms with Crippen LogP contribution in [0.15, 0.2) is 29.4 Å². The van der Waals surface area contributed by atoms with Crippen molar-refractivity contribution in [2.75, 3.05) is 11.9 Å². The zero-order valence-electron chi connectivity index (χ0n) is 7.63. The molecule has 0 atom stereocenters. The van der Waals surface area contributed by atoms with Gasteiger partial charge in [0.05, 0.1) is 18.2 Å². The minimum Gasteiger partial charge on any atom is -0.380 e. The van der Waals surface area contributed by atoms with Crippen molar-refractivity contribution in [1.82, 2.24) is 4.98 Å². The maximum atomic E-state index is 8.50. The summed E-state index contributed by atoms with van der Waals surface area (Å²) in [6, 6.07) is 5.78. The lowest BCUT2D eigenvalue weighted by Crippen LogP contribution is -2.01. The highest BCUT2D eigenvalue weighted by atomic mass is 79.9. The van der Waals surface area contributed by atoms with E-state index in [2.05, 4.69) is 38.9 Å². The molecule has 0 aliphatic carbocycles. The Balaban J connectivity index is 2.64. The third kappa shape index (κ3) is 3.58. The van der Waals surface area contributed by atoms with Crippen LogP contribution < -0.4 is 5.32 Å². The van der Waals surface area contributed by atoms with Crippen LogP contribution in [-0.2, 0) is 6.42 Å². The fourth-order valence-corrected chi connectivity index (χ4v) is 1.10. The van der Waals surface area contributed by atoms with E-state index in [1.165, 1.54) is 0 Å². The zero-order chi connectivity index (χ0) is 10.4. The van der Waals surface area contributed by atoms with Gasteiger partial charge in [0, 0.05) is 22.9 Å². The second-order valence-corrected chi connectivity index (χ2v) is 3.86. The predicted octanol–water partition coefficient (Wildman–Crippen LogP) is 2.47. The van der Waals surface area contributed by atoms with Crippen molar-refractivity contribution in [3.05, 3.63) is 35.1 Å². The summed E-state index contributed by atoms with van der Waals surface area (Å²) in [5.74, 6) is 0. The smallest absolute Gasteiger partial charge is 0.0775 e. The van der Waals surface area contributed by atoms with E-state index in [0.29, 0.717) is 13.0 Å². The molecule has 1 aromatic heterocycles. The number of aromatic nitrogens is 1. The van der Waals surface area contributed by atoms with Crippen molar-refractivity contribution in [2.45, 2.75) is 6.42 Å². The van der Waals surface area contributed by atoms with Crippen molar-refractivity contribution in [3.8, 4) is 6.07 Å². The van der Waals surface area contributed by atoms with Crippen LogP contribution in [0, 0.1) is 11.3 Å². The first-order valence-electron chi connectivity index (χ1n) is 4.11. The molecule has 1 N–H and O–H groups in total. The van der Waals surface area contributed by atoms with Gasteiger partial charge < -0.3 is 5.32 Å². The number of rotatable bonds is 4. The van der Waals surface area contributed by atoms with Gasteiger partial charge in [-0.05, 0) is 12.1 Å². The lowest BCUT2D eigenvalue weighted by Gasteiger charge is -2.05. The molecule has 0 aliphatic heterocycles. The van der Waals surface area contributed by atoms with Crippen LogP contribution in [0.2, 0.25) is 0 Å². The molecule has 0 radical (unpaired) electrons. The number of halogens is 1. The maximum Gasteiger partial charge on any atom is 0.0775 e. The monoisotopic (exact) mass is 251 g/mol. The van der Waals surface area contributed by atoms with Gasteiger partial charge in [-0.25, -0.2) is 0 Å². The minimum absolute atomic E-state index is 0.338. The van der Waals surface area contributed by atoms with Crippen LogP contribution in [-0.4, -0.2) is 11.5 Å². The van der Waals surface area contributed by atoms with E-state index in [1.54, 1.807) is 6.20 Å². The van der Waals surface area contributed by atoms with Crippen molar-refractivity contribution in [2.24, 2.45) is 0 Å². The molecule has 1 rings (SSSR count). The third-order valence-corrected chi connectivity index (χ3v) is 1.84. The van der Waals surface area contributed by atoms with Gasteiger partial charge in [-0.15, -0.1) is 0 Å². The lowest BCUT2D eigenvalue weighted by atomic mass is 10.2. The summed E-state index contributed by atoms with van der Waals surface area (Å²) in [6.45, 7) is 4.38. The highest BCUT2D eigenvalue weighted by Gasteiger charge is 1.96. The molecular weight excluding hydrogens is 242 g/mol. The van der Waals surface area contributed by atoms with Crippen LogP contribution in [0.3, 0.4) is 0 Å². The molecule has 1 aromatic rings. The molecule has 0 amide bonds. The van der Waals surface area contributed by atoms with E-state index >= 15 is 0 Å². The number of hydrogen-bond donors (Lipinski definition) is 1. The summed E-state index contributed by atoms with van der Waals surface area (Å²) in [7, 11) is 0. The quantitative estimate of drug-likeness (QED) is 0.895. The van der Waals surface area contributed by atoms with Gasteiger partial charge in [0.1, 0.15) is 0 Å². The standard InChI is InChI=1S/C10H10BrN3/c1-8(11)7-14-10-3-5-13-9(6-10)2-4-12/h3,5-6H,1-2,7H2,(H,13,14). The van der Waals surface area contributed by atoms with E-state index in [4.69, 9.17) is 5.26 Å². The Labute approximate surface area is 91.6 Å². The molecule has 0 spiro atoms. The second kappa shape index (κ2) is 5.40. The molecule has 0 unspecified atom stereocenters. The predicted molar refractivity (Wildman–Crippen MR) is 60.1 cm³/mol. The molecule has 3 nitrogen and oxygen atoms in total. The Kier molecular flexibility index (Phi) is 4.14. The molecule has 4 heteroatoms. The average Bonchev–Trinajstić information content (AvgIpc) is 2.16. The summed E-state index contributed by atoms with van der Waals surface area (Å²) >= 11 is 3.26. The highest BCUT2D eigenvalue weighted by Crippen LogP contribution is 2.10. The SMILES string of the molecule is C=C(Br)CNc1ccnc(CC#N)c1. The lowest BCUT2D eigenvalue weighted by molar-refractivity contribution is 1.11. The molecule has 0 aliphatic rings. The third-order valence-electron chi connectivity index (χ3n) is 1.56. The summed E-state index contributed by atoms with van der Waals surface area (Å²) in [5.41, 5.74) is 1.73. The van der Waals surface area contributed by atoms with E-state index in [1.807, 2.05) is 12.1 Å². The molecule has 0 bridgehead atoms. The largest absolute Gasteiger partial charge is 0.380 e. The van der Waals surface area contributed by atoms with E-state index in [0.717, 1.165) is 15.9 Å². The van der Waals surface area contributed by atoms with E-state index in [9.17, 15) is 0 Å². The first-order chi connectivity index (χ1) is 6.72. The topological polar surface area (TPSA) is 48.7 Å². The van der Waals surface area contributed by atoms with Crippen molar-refractivity contribution < 1.29 is 0 Å². The molecular formula is C10H10BrN3. The number of nitrogens with one attached hydrogen (secondary N) is 1. The van der Waals surface area contributed by atoms with Gasteiger partial charge in [-0.2, -0.15) is 5.26 Å². The number of nitrogens with zero attached hydrogens (tertiary/aromatic N) is 2. The number of hydrogen-bond acceptors (Lipinski definition) is 3. The molecule has 72 valence electrons. The van der Waals surface area contributed by atoms with Gasteiger partial charge in [-0.1, -0.05) is 22.5 Å². The van der Waals surface area contributed by atoms with Crippen molar-refractivity contribution >= 4 is 21.6 Å². The van der Waals surface area contributed by atoms with E-state index < -0.39 is 0 Å². The fourth-order valence-electron chi connectivity index (χ4n) is 0.964. The van der Waals surface area contributed by atoms with Gasteiger partial charge >= 0.3 is 0 Å². The molecule has 14 heavy (non-hydrogen) atoms. The zero-order valence-corrected chi connectivity index (χ0v) is 9.21. The van der Waals surface area contributed by atoms with Gasteiger partial charge in [0.25, 0.3) is 0 Å². The fraction of sp³-hybridized carbons (Fsp3) is 0.200. The number of anilines is 1. The first-order valence-corrected chi connectivity index (χ1v) is 4.90. The Hall–Kier alpha value is -1.34. The average molecular weight is 252 g/mol. The van der Waals surface area contributed by atoms with Crippen LogP contribution in [0.25, 0.3) is 0 Å². The number of nitriles is 1. The summed E-state index contributed by atoms with van der Waals surface area (Å²) in [4.78, 5) is 4.06. The minimum atomic E-state index is 0.338. The Morgan fingerprint density at radius 1 is 1.71 bits per heavy atom. The Morgan fingerprint density at radius 2 is 2.50 bits per heavy atom. The first kappa shape index (κ1) is 10.7. The molecule has 0 saturated heterocycles. The molecule has 1 heterocycles. The Morgan fingerprint density at radius 3 is 3.14 bits per heavy atom. The number of pyridine rings is 1. The Bertz CT molecular complexity index is 368. The maximum absolute atomic E-state index is 8.50. The van der Waals surface area contributed by atoms with Crippen molar-refractivity contribution in [1.29, 1.82) is 5.26 Å². The van der Waals surface area contributed by atoms with Crippen LogP contribution >= 0.6 is 15.9 Å². The normalized spacial score (nSPS) is 9.14. The second-order valence-electron chi connectivity index (χ2n) is 2.74. The van der Waals surface area contributed by atoms with Crippen LogP contribution in [0.1, 0.15) is 5.69 Å². The van der Waals surface area contributed by atoms with Gasteiger partial charge in [0.15, 0.2) is 0 Å². The summed E-state index contributed by atoms with van der Waals surface area (Å²) in [6.07, 6.45) is 2.02. The van der Waals surface area contributed by atoms with Gasteiger partial charge in [-0.3, -0.25) is 4.98 Å². The molecule has 0 aromatic carbocycles. The highest BCUT2D eigenvalue weighted by molar-refractivity contribution is 9.11. The summed E-state index contributed by atoms with van der Waals surface area (Å²) < 4.78 is 0.885. The van der Waals surface area contributed by atoms with Crippen LogP contribution in [0.4, 0.5) is 5.69 Å². The summed E-state index contributed by atoms with van der Waals surface area (Å²) in [5, 5.41) is 11.6. The molecule has 0 saturated carbocycles. The van der Waals surface area contributed by atoms with Gasteiger partial charge in [0.2, 0.25) is 0 Å².